The average Bonchev–Trinajstić information content (AvgIpc) is 2.92. The Morgan fingerprint density at radius 3 is 2.78 bits per heavy atom. The number of nitrogens with zero attached hydrogens (tertiary/aromatic N) is 1. The van der Waals surface area contributed by atoms with Gasteiger partial charge in [0, 0.05) is 13.2 Å². The summed E-state index contributed by atoms with van der Waals surface area (Å²) in [5.74, 6) is -0.311. The number of esters is 1. The van der Waals surface area contributed by atoms with Crippen molar-refractivity contribution >= 4 is 11.9 Å². The fourth-order valence-corrected chi connectivity index (χ4v) is 2.64. The highest BCUT2D eigenvalue weighted by Crippen LogP contribution is 2.23. The lowest BCUT2D eigenvalue weighted by Crippen LogP contribution is -2.51. The van der Waals surface area contributed by atoms with E-state index in [0.717, 1.165) is 25.7 Å². The Labute approximate surface area is 107 Å². The molecule has 2 heterocycles. The van der Waals surface area contributed by atoms with Crippen LogP contribution in [0, 0.1) is 0 Å². The van der Waals surface area contributed by atoms with Crippen molar-refractivity contribution < 1.29 is 19.1 Å². The topological polar surface area (TPSA) is 55.8 Å². The van der Waals surface area contributed by atoms with E-state index in [4.69, 9.17) is 9.47 Å². The highest BCUT2D eigenvalue weighted by molar-refractivity contribution is 5.87. The van der Waals surface area contributed by atoms with Crippen LogP contribution in [0.15, 0.2) is 0 Å². The minimum atomic E-state index is -0.407. The second kappa shape index (κ2) is 6.18. The largest absolute Gasteiger partial charge is 0.464 e. The monoisotopic (exact) mass is 255 g/mol. The first-order valence-electron chi connectivity index (χ1n) is 6.82. The van der Waals surface area contributed by atoms with Crippen LogP contribution in [-0.2, 0) is 19.1 Å². The van der Waals surface area contributed by atoms with E-state index < -0.39 is 6.04 Å². The molecule has 2 atom stereocenters. The summed E-state index contributed by atoms with van der Waals surface area (Å²) in [7, 11) is 0. The van der Waals surface area contributed by atoms with E-state index in [1.165, 1.54) is 0 Å². The van der Waals surface area contributed by atoms with Gasteiger partial charge < -0.3 is 14.4 Å². The van der Waals surface area contributed by atoms with E-state index in [2.05, 4.69) is 0 Å². The van der Waals surface area contributed by atoms with Gasteiger partial charge in [0.05, 0.1) is 6.61 Å². The zero-order valence-electron chi connectivity index (χ0n) is 10.9. The molecule has 18 heavy (non-hydrogen) atoms. The van der Waals surface area contributed by atoms with E-state index in [1.807, 2.05) is 0 Å². The molecule has 102 valence electrons. The lowest BCUT2D eigenvalue weighted by atomic mass is 10.0. The summed E-state index contributed by atoms with van der Waals surface area (Å²) in [4.78, 5) is 25.8. The van der Waals surface area contributed by atoms with Crippen LogP contribution < -0.4 is 0 Å². The first-order valence-corrected chi connectivity index (χ1v) is 6.82. The third kappa shape index (κ3) is 2.83. The van der Waals surface area contributed by atoms with Crippen molar-refractivity contribution in [2.75, 3.05) is 19.8 Å². The molecule has 0 spiro atoms. The molecule has 2 fully saturated rings. The molecule has 0 aromatic heterocycles. The molecule has 2 aliphatic heterocycles. The smallest absolute Gasteiger partial charge is 0.328 e. The van der Waals surface area contributed by atoms with Gasteiger partial charge in [-0.3, -0.25) is 4.79 Å². The fraction of sp³-hybridized carbons (Fsp3) is 0.846. The van der Waals surface area contributed by atoms with Crippen LogP contribution in [0.3, 0.4) is 0 Å². The molecule has 5 nitrogen and oxygen atoms in total. The number of likely N-dealkylation sites (tertiary alicyclic amines) is 1. The van der Waals surface area contributed by atoms with Crippen molar-refractivity contribution in [3.63, 3.8) is 0 Å². The van der Waals surface area contributed by atoms with Crippen LogP contribution in [0.1, 0.15) is 39.0 Å². The molecule has 2 aliphatic rings. The summed E-state index contributed by atoms with van der Waals surface area (Å²) in [5.41, 5.74) is 0. The number of carbonyl (C=O) groups excluding carboxylic acids is 2. The molecule has 5 heteroatoms. The van der Waals surface area contributed by atoms with E-state index in [1.54, 1.807) is 11.8 Å². The number of amides is 1. The fourth-order valence-electron chi connectivity index (χ4n) is 2.64. The minimum Gasteiger partial charge on any atom is -0.464 e. The summed E-state index contributed by atoms with van der Waals surface area (Å²) in [5, 5.41) is 0. The van der Waals surface area contributed by atoms with Gasteiger partial charge in [0.2, 0.25) is 0 Å². The average molecular weight is 255 g/mol. The number of piperidine rings is 1. The normalized spacial score (nSPS) is 28.2. The van der Waals surface area contributed by atoms with Gasteiger partial charge in [-0.05, 0) is 39.0 Å². The maximum Gasteiger partial charge on any atom is 0.328 e. The Hall–Kier alpha value is -1.10. The Bertz CT molecular complexity index is 312. The Morgan fingerprint density at radius 1 is 1.28 bits per heavy atom. The summed E-state index contributed by atoms with van der Waals surface area (Å²) >= 11 is 0. The summed E-state index contributed by atoms with van der Waals surface area (Å²) < 4.78 is 10.5. The van der Waals surface area contributed by atoms with Gasteiger partial charge in [0.15, 0.2) is 0 Å². The standard InChI is InChI=1S/C13H21NO4/c1-2-17-13(16)10-6-3-4-8-14(10)12(15)11-7-5-9-18-11/h10-11H,2-9H2,1H3/t10?,11-/m0/s1. The lowest BCUT2D eigenvalue weighted by molar-refractivity contribution is -0.160. The van der Waals surface area contributed by atoms with Crippen molar-refractivity contribution in [3.8, 4) is 0 Å². The molecule has 2 saturated heterocycles. The predicted molar refractivity (Wildman–Crippen MR) is 65.0 cm³/mol. The molecule has 0 aromatic carbocycles. The third-order valence-corrected chi connectivity index (χ3v) is 3.55. The Morgan fingerprint density at radius 2 is 2.11 bits per heavy atom. The molecular formula is C13H21NO4. The molecular weight excluding hydrogens is 234 g/mol. The minimum absolute atomic E-state index is 0.0368. The third-order valence-electron chi connectivity index (χ3n) is 3.55. The van der Waals surface area contributed by atoms with E-state index >= 15 is 0 Å². The number of carbonyl (C=O) groups is 2. The predicted octanol–water partition coefficient (Wildman–Crippen LogP) is 1.11. The quantitative estimate of drug-likeness (QED) is 0.709. The molecule has 1 unspecified atom stereocenters. The molecule has 0 radical (unpaired) electrons. The number of ether oxygens (including phenoxy) is 2. The molecule has 0 aliphatic carbocycles. The van der Waals surface area contributed by atoms with Crippen LogP contribution in [0.5, 0.6) is 0 Å². The maximum atomic E-state index is 12.3. The van der Waals surface area contributed by atoms with Crippen LogP contribution in [0.2, 0.25) is 0 Å². The SMILES string of the molecule is CCOC(=O)C1CCCCN1C(=O)[C@@H]1CCCO1. The first-order chi connectivity index (χ1) is 8.74. The second-order valence-electron chi connectivity index (χ2n) is 4.80. The molecule has 0 saturated carbocycles. The van der Waals surface area contributed by atoms with Crippen LogP contribution >= 0.6 is 0 Å². The summed E-state index contributed by atoms with van der Waals surface area (Å²) in [6.45, 7) is 3.43. The van der Waals surface area contributed by atoms with Crippen LogP contribution in [0.25, 0.3) is 0 Å². The summed E-state index contributed by atoms with van der Waals surface area (Å²) in [6, 6.07) is -0.407. The zero-order valence-corrected chi connectivity index (χ0v) is 10.9. The molecule has 1 amide bonds. The second-order valence-corrected chi connectivity index (χ2v) is 4.80. The lowest BCUT2D eigenvalue weighted by Gasteiger charge is -2.35. The molecule has 2 rings (SSSR count). The van der Waals surface area contributed by atoms with Crippen molar-refractivity contribution in [3.05, 3.63) is 0 Å². The van der Waals surface area contributed by atoms with Crippen molar-refractivity contribution in [2.24, 2.45) is 0 Å². The van der Waals surface area contributed by atoms with Crippen molar-refractivity contribution in [1.29, 1.82) is 0 Å². The van der Waals surface area contributed by atoms with E-state index in [-0.39, 0.29) is 18.0 Å². The van der Waals surface area contributed by atoms with Gasteiger partial charge in [-0.25, -0.2) is 4.79 Å². The number of rotatable bonds is 3. The highest BCUT2D eigenvalue weighted by Gasteiger charge is 2.37. The van der Waals surface area contributed by atoms with Gasteiger partial charge in [-0.1, -0.05) is 0 Å². The van der Waals surface area contributed by atoms with Gasteiger partial charge >= 0.3 is 5.97 Å². The first kappa shape index (κ1) is 13.3. The van der Waals surface area contributed by atoms with E-state index in [0.29, 0.717) is 26.2 Å². The molecule has 0 bridgehead atoms. The van der Waals surface area contributed by atoms with Crippen LogP contribution in [0.4, 0.5) is 0 Å². The van der Waals surface area contributed by atoms with Crippen LogP contribution in [-0.4, -0.2) is 48.7 Å². The van der Waals surface area contributed by atoms with Crippen molar-refractivity contribution in [2.45, 2.75) is 51.2 Å². The maximum absolute atomic E-state index is 12.3. The molecule has 0 N–H and O–H groups in total. The summed E-state index contributed by atoms with van der Waals surface area (Å²) in [6.07, 6.45) is 3.98. The van der Waals surface area contributed by atoms with Gasteiger partial charge in [-0.2, -0.15) is 0 Å². The highest BCUT2D eigenvalue weighted by atomic mass is 16.5. The van der Waals surface area contributed by atoms with Gasteiger partial charge in [0.25, 0.3) is 5.91 Å². The molecule has 0 aromatic rings. The number of hydrogen-bond donors (Lipinski definition) is 0. The van der Waals surface area contributed by atoms with Gasteiger partial charge in [-0.15, -0.1) is 0 Å². The van der Waals surface area contributed by atoms with E-state index in [9.17, 15) is 9.59 Å². The Balaban J connectivity index is 2.02. The van der Waals surface area contributed by atoms with Crippen molar-refractivity contribution in [1.82, 2.24) is 4.90 Å². The number of hydrogen-bond acceptors (Lipinski definition) is 4. The Kier molecular flexibility index (Phi) is 4.58. The zero-order chi connectivity index (χ0) is 13.0. The van der Waals surface area contributed by atoms with Gasteiger partial charge in [0.1, 0.15) is 12.1 Å².